The number of nitrogens with zero attached hydrogens (tertiary/aromatic N) is 4. The van der Waals surface area contributed by atoms with Crippen LogP contribution in [0.4, 0.5) is 5.82 Å². The normalized spacial score (nSPS) is 20.1. The van der Waals surface area contributed by atoms with Crippen LogP contribution in [0.25, 0.3) is 0 Å². The fourth-order valence-corrected chi connectivity index (χ4v) is 4.66. The van der Waals surface area contributed by atoms with Crippen LogP contribution in [0.1, 0.15) is 11.1 Å². The Hall–Kier alpha value is -2.08. The van der Waals surface area contributed by atoms with Gasteiger partial charge in [0.15, 0.2) is 0 Å². The minimum atomic E-state index is 0.0323. The molecule has 2 aromatic rings. The van der Waals surface area contributed by atoms with Crippen LogP contribution < -0.4 is 4.90 Å². The Morgan fingerprint density at radius 1 is 1.21 bits per heavy atom. The molecule has 0 saturated carbocycles. The Morgan fingerprint density at radius 3 is 2.79 bits per heavy atom. The van der Waals surface area contributed by atoms with Crippen molar-refractivity contribution in [1.29, 1.82) is 0 Å². The smallest absolute Gasteiger partial charge is 0.236 e. The van der Waals surface area contributed by atoms with E-state index >= 15 is 0 Å². The molecule has 2 aliphatic heterocycles. The van der Waals surface area contributed by atoms with Gasteiger partial charge in [0.25, 0.3) is 0 Å². The first-order chi connectivity index (χ1) is 11.7. The van der Waals surface area contributed by atoms with Crippen molar-refractivity contribution in [3.05, 3.63) is 47.9 Å². The second-order valence-corrected chi connectivity index (χ2v) is 7.54. The molecule has 1 aromatic carbocycles. The quantitative estimate of drug-likeness (QED) is 0.838. The number of thioether (sulfide) groups is 1. The third-order valence-corrected chi connectivity index (χ3v) is 5.92. The molecule has 24 heavy (non-hydrogen) atoms. The van der Waals surface area contributed by atoms with E-state index in [2.05, 4.69) is 40.0 Å². The molecule has 4 rings (SSSR count). The lowest BCUT2D eigenvalue weighted by Gasteiger charge is -2.36. The fraction of sp³-hybridized carbons (Fsp3) is 0.389. The van der Waals surface area contributed by atoms with Gasteiger partial charge in [-0.1, -0.05) is 17.7 Å². The number of hydrogen-bond donors (Lipinski definition) is 0. The SMILES string of the molecule is Cc1ccc2c(c1)S[C@H](C(=O)N1CCN(c3cnccn3)CC1)C2. The lowest BCUT2D eigenvalue weighted by molar-refractivity contribution is -0.130. The first-order valence-electron chi connectivity index (χ1n) is 8.26. The van der Waals surface area contributed by atoms with Crippen molar-refractivity contribution in [3.63, 3.8) is 0 Å². The van der Waals surface area contributed by atoms with Gasteiger partial charge in [0, 0.05) is 43.5 Å². The van der Waals surface area contributed by atoms with E-state index in [0.717, 1.165) is 38.4 Å². The number of benzene rings is 1. The van der Waals surface area contributed by atoms with Gasteiger partial charge in [-0.25, -0.2) is 4.98 Å². The average Bonchev–Trinajstić information content (AvgIpc) is 3.05. The molecule has 3 heterocycles. The van der Waals surface area contributed by atoms with Crippen LogP contribution in [-0.2, 0) is 11.2 Å². The molecule has 0 aliphatic carbocycles. The number of carbonyl (C=O) groups excluding carboxylic acids is 1. The van der Waals surface area contributed by atoms with Crippen LogP contribution in [0, 0.1) is 6.92 Å². The number of amides is 1. The van der Waals surface area contributed by atoms with Gasteiger partial charge < -0.3 is 9.80 Å². The van der Waals surface area contributed by atoms with Crippen molar-refractivity contribution < 1.29 is 4.79 Å². The molecule has 2 aliphatic rings. The molecule has 0 N–H and O–H groups in total. The molecule has 1 saturated heterocycles. The minimum absolute atomic E-state index is 0.0323. The van der Waals surface area contributed by atoms with Crippen LogP contribution in [0.15, 0.2) is 41.7 Å². The van der Waals surface area contributed by atoms with Gasteiger partial charge in [-0.05, 0) is 25.0 Å². The summed E-state index contributed by atoms with van der Waals surface area (Å²) in [6, 6.07) is 6.49. The van der Waals surface area contributed by atoms with Crippen LogP contribution >= 0.6 is 11.8 Å². The first-order valence-corrected chi connectivity index (χ1v) is 9.14. The molecule has 0 radical (unpaired) electrons. The standard InChI is InChI=1S/C18H20N4OS/c1-13-2-3-14-11-16(24-15(14)10-13)18(23)22-8-6-21(7-9-22)17-12-19-4-5-20-17/h2-5,10,12,16H,6-9,11H2,1H3/t16-/m0/s1. The predicted molar refractivity (Wildman–Crippen MR) is 95.4 cm³/mol. The van der Waals surface area contributed by atoms with Crippen molar-refractivity contribution in [2.75, 3.05) is 31.1 Å². The van der Waals surface area contributed by atoms with E-state index in [9.17, 15) is 4.79 Å². The maximum absolute atomic E-state index is 12.9. The highest BCUT2D eigenvalue weighted by atomic mass is 32.2. The first kappa shape index (κ1) is 15.4. The van der Waals surface area contributed by atoms with E-state index in [-0.39, 0.29) is 11.2 Å². The maximum Gasteiger partial charge on any atom is 0.236 e. The molecular weight excluding hydrogens is 320 g/mol. The van der Waals surface area contributed by atoms with Crippen molar-refractivity contribution in [1.82, 2.24) is 14.9 Å². The number of piperazine rings is 1. The van der Waals surface area contributed by atoms with E-state index in [1.807, 2.05) is 4.90 Å². The largest absolute Gasteiger partial charge is 0.352 e. The molecule has 6 heteroatoms. The summed E-state index contributed by atoms with van der Waals surface area (Å²) in [6.45, 7) is 5.23. The van der Waals surface area contributed by atoms with E-state index in [4.69, 9.17) is 0 Å². The Kier molecular flexibility index (Phi) is 4.14. The van der Waals surface area contributed by atoms with Crippen molar-refractivity contribution in [2.24, 2.45) is 0 Å². The van der Waals surface area contributed by atoms with Gasteiger partial charge in [0.2, 0.25) is 5.91 Å². The molecule has 0 spiro atoms. The van der Waals surface area contributed by atoms with Crippen molar-refractivity contribution >= 4 is 23.5 Å². The minimum Gasteiger partial charge on any atom is -0.352 e. The summed E-state index contributed by atoms with van der Waals surface area (Å²) >= 11 is 1.72. The maximum atomic E-state index is 12.9. The topological polar surface area (TPSA) is 49.3 Å². The zero-order chi connectivity index (χ0) is 16.5. The van der Waals surface area contributed by atoms with E-state index in [1.54, 1.807) is 30.4 Å². The molecule has 5 nitrogen and oxygen atoms in total. The second kappa shape index (κ2) is 6.43. The third kappa shape index (κ3) is 2.98. The lowest BCUT2D eigenvalue weighted by Crippen LogP contribution is -2.51. The van der Waals surface area contributed by atoms with Gasteiger partial charge in [0.1, 0.15) is 5.82 Å². The Bertz CT molecular complexity index is 744. The number of rotatable bonds is 2. The third-order valence-electron chi connectivity index (χ3n) is 4.64. The van der Waals surface area contributed by atoms with Gasteiger partial charge in [-0.15, -0.1) is 11.8 Å². The lowest BCUT2D eigenvalue weighted by atomic mass is 10.1. The van der Waals surface area contributed by atoms with Crippen LogP contribution in [0.2, 0.25) is 0 Å². The average molecular weight is 340 g/mol. The molecule has 1 atom stereocenters. The van der Waals surface area contributed by atoms with Crippen molar-refractivity contribution in [2.45, 2.75) is 23.5 Å². The number of carbonyl (C=O) groups is 1. The number of aromatic nitrogens is 2. The summed E-state index contributed by atoms with van der Waals surface area (Å²) in [4.78, 5) is 26.8. The van der Waals surface area contributed by atoms with E-state index in [1.165, 1.54) is 16.0 Å². The molecular formula is C18H20N4OS. The monoisotopic (exact) mass is 340 g/mol. The number of aryl methyl sites for hydroxylation is 1. The number of hydrogen-bond acceptors (Lipinski definition) is 5. The predicted octanol–water partition coefficient (Wildman–Crippen LogP) is 2.15. The second-order valence-electron chi connectivity index (χ2n) is 6.30. The molecule has 0 unspecified atom stereocenters. The molecule has 0 bridgehead atoms. The van der Waals surface area contributed by atoms with Gasteiger partial charge >= 0.3 is 0 Å². The van der Waals surface area contributed by atoms with E-state index in [0.29, 0.717) is 0 Å². The number of anilines is 1. The van der Waals surface area contributed by atoms with Crippen LogP contribution in [0.3, 0.4) is 0 Å². The Balaban J connectivity index is 1.37. The summed E-state index contributed by atoms with van der Waals surface area (Å²) in [5, 5.41) is 0.0323. The highest BCUT2D eigenvalue weighted by molar-refractivity contribution is 8.01. The summed E-state index contributed by atoms with van der Waals surface area (Å²) in [5.41, 5.74) is 2.56. The molecule has 1 amide bonds. The van der Waals surface area contributed by atoms with Gasteiger partial charge in [0.05, 0.1) is 11.4 Å². The highest BCUT2D eigenvalue weighted by Gasteiger charge is 2.33. The summed E-state index contributed by atoms with van der Waals surface area (Å²) in [6.07, 6.45) is 6.02. The molecule has 1 fully saturated rings. The zero-order valence-corrected chi connectivity index (χ0v) is 14.5. The highest BCUT2D eigenvalue weighted by Crippen LogP contribution is 2.38. The van der Waals surface area contributed by atoms with Crippen LogP contribution in [-0.4, -0.2) is 52.2 Å². The fourth-order valence-electron chi connectivity index (χ4n) is 3.29. The van der Waals surface area contributed by atoms with Gasteiger partial charge in [-0.2, -0.15) is 0 Å². The molecule has 1 aromatic heterocycles. The summed E-state index contributed by atoms with van der Waals surface area (Å²) in [5.74, 6) is 1.16. The Morgan fingerprint density at radius 2 is 2.04 bits per heavy atom. The van der Waals surface area contributed by atoms with Gasteiger partial charge in [-0.3, -0.25) is 9.78 Å². The Labute approximate surface area is 146 Å². The molecule has 124 valence electrons. The summed E-state index contributed by atoms with van der Waals surface area (Å²) in [7, 11) is 0. The summed E-state index contributed by atoms with van der Waals surface area (Å²) < 4.78 is 0. The van der Waals surface area contributed by atoms with Crippen molar-refractivity contribution in [3.8, 4) is 0 Å². The van der Waals surface area contributed by atoms with Crippen LogP contribution in [0.5, 0.6) is 0 Å². The zero-order valence-electron chi connectivity index (χ0n) is 13.7. The van der Waals surface area contributed by atoms with E-state index < -0.39 is 0 Å². The number of fused-ring (bicyclic) bond motifs is 1.